The minimum absolute atomic E-state index is 0.134. The normalized spacial score (nSPS) is 21.6. The predicted octanol–water partition coefficient (Wildman–Crippen LogP) is 2.71. The number of hydrogen-bond acceptors (Lipinski definition) is 2. The molecule has 0 saturated heterocycles. The van der Waals surface area contributed by atoms with Crippen molar-refractivity contribution in [1.29, 1.82) is 0 Å². The van der Waals surface area contributed by atoms with Crippen molar-refractivity contribution in [3.63, 3.8) is 0 Å². The third-order valence-electron chi connectivity index (χ3n) is 3.46. The van der Waals surface area contributed by atoms with Crippen LogP contribution in [0.25, 0.3) is 0 Å². The highest BCUT2D eigenvalue weighted by Crippen LogP contribution is 2.30. The molecule has 0 aromatic heterocycles. The summed E-state index contributed by atoms with van der Waals surface area (Å²) in [5.41, 5.74) is 2.12. The molecule has 0 N–H and O–H groups in total. The number of carbonyl (C=O) groups is 1. The van der Waals surface area contributed by atoms with Crippen molar-refractivity contribution in [2.75, 3.05) is 13.7 Å². The van der Waals surface area contributed by atoms with Gasteiger partial charge in [-0.3, -0.25) is 4.79 Å². The zero-order valence-corrected chi connectivity index (χ0v) is 9.90. The highest BCUT2D eigenvalue weighted by Gasteiger charge is 2.30. The summed E-state index contributed by atoms with van der Waals surface area (Å²) in [6.45, 7) is 2.76. The van der Waals surface area contributed by atoms with Gasteiger partial charge in [-0.15, -0.1) is 0 Å². The topological polar surface area (TPSA) is 26.3 Å². The molecule has 0 bridgehead atoms. The second kappa shape index (κ2) is 4.79. The Kier molecular flexibility index (Phi) is 3.39. The van der Waals surface area contributed by atoms with Gasteiger partial charge in [0, 0.05) is 25.2 Å². The van der Waals surface area contributed by atoms with E-state index in [1.165, 1.54) is 5.56 Å². The van der Waals surface area contributed by atoms with Crippen LogP contribution in [-0.4, -0.2) is 19.5 Å². The molecule has 2 nitrogen and oxygen atoms in total. The predicted molar refractivity (Wildman–Crippen MR) is 63.6 cm³/mol. The molecular formula is C14H18O2. The van der Waals surface area contributed by atoms with Gasteiger partial charge in [-0.2, -0.15) is 0 Å². The number of ketones is 1. The second-order valence-corrected chi connectivity index (χ2v) is 4.60. The number of Topliss-reactive ketones (excluding diaryl/α,β-unsaturated/α-hetero) is 1. The largest absolute Gasteiger partial charge is 0.384 e. The monoisotopic (exact) mass is 218 g/mol. The van der Waals surface area contributed by atoms with E-state index in [9.17, 15) is 4.79 Å². The molecule has 0 amide bonds. The van der Waals surface area contributed by atoms with E-state index in [4.69, 9.17) is 4.74 Å². The van der Waals surface area contributed by atoms with Gasteiger partial charge in [0.15, 0.2) is 5.78 Å². The van der Waals surface area contributed by atoms with Crippen LogP contribution in [0.4, 0.5) is 0 Å². The number of methoxy groups -OCH3 is 1. The lowest BCUT2D eigenvalue weighted by Crippen LogP contribution is -2.29. The smallest absolute Gasteiger partial charge is 0.166 e. The maximum absolute atomic E-state index is 12.3. The minimum atomic E-state index is 0.134. The third-order valence-corrected chi connectivity index (χ3v) is 3.46. The Bertz CT molecular complexity index is 384. The van der Waals surface area contributed by atoms with E-state index in [2.05, 4.69) is 13.0 Å². The molecule has 0 aliphatic heterocycles. The molecule has 0 heterocycles. The lowest BCUT2D eigenvalue weighted by molar-refractivity contribution is 0.0755. The first kappa shape index (κ1) is 11.3. The number of carbonyl (C=O) groups excluding carboxylic acids is 1. The highest BCUT2D eigenvalue weighted by atomic mass is 16.5. The van der Waals surface area contributed by atoms with Crippen LogP contribution >= 0.6 is 0 Å². The van der Waals surface area contributed by atoms with E-state index in [1.54, 1.807) is 7.11 Å². The Morgan fingerprint density at radius 3 is 2.94 bits per heavy atom. The second-order valence-electron chi connectivity index (χ2n) is 4.60. The van der Waals surface area contributed by atoms with Crippen molar-refractivity contribution in [2.45, 2.75) is 19.8 Å². The molecule has 0 radical (unpaired) electrons. The molecule has 2 atom stereocenters. The van der Waals surface area contributed by atoms with Gasteiger partial charge < -0.3 is 4.74 Å². The first-order valence-corrected chi connectivity index (χ1v) is 5.85. The van der Waals surface area contributed by atoms with Crippen molar-refractivity contribution >= 4 is 5.78 Å². The number of aryl methyl sites for hydroxylation is 1. The Balaban J connectivity index is 2.21. The van der Waals surface area contributed by atoms with Crippen LogP contribution in [0.2, 0.25) is 0 Å². The molecule has 1 aliphatic carbocycles. The number of hydrogen-bond donors (Lipinski definition) is 0. The summed E-state index contributed by atoms with van der Waals surface area (Å²) in [6, 6.07) is 7.96. The molecule has 2 heteroatoms. The Hall–Kier alpha value is -1.15. The summed E-state index contributed by atoms with van der Waals surface area (Å²) >= 11 is 0. The van der Waals surface area contributed by atoms with Crippen LogP contribution in [0.5, 0.6) is 0 Å². The number of rotatable bonds is 3. The van der Waals surface area contributed by atoms with E-state index in [-0.39, 0.29) is 5.92 Å². The zero-order chi connectivity index (χ0) is 11.5. The molecule has 1 aliphatic rings. The van der Waals surface area contributed by atoms with E-state index in [1.807, 2.05) is 18.2 Å². The van der Waals surface area contributed by atoms with Crippen LogP contribution < -0.4 is 0 Å². The third kappa shape index (κ3) is 2.03. The number of ether oxygens (including phenoxy) is 1. The molecule has 1 aromatic carbocycles. The van der Waals surface area contributed by atoms with Crippen LogP contribution in [0, 0.1) is 11.8 Å². The van der Waals surface area contributed by atoms with E-state index in [0.717, 1.165) is 18.4 Å². The fourth-order valence-corrected chi connectivity index (χ4v) is 2.54. The summed E-state index contributed by atoms with van der Waals surface area (Å²) in [5.74, 6) is 0.743. The lowest BCUT2D eigenvalue weighted by Gasteiger charge is -2.27. The number of benzene rings is 1. The van der Waals surface area contributed by atoms with Crippen molar-refractivity contribution < 1.29 is 9.53 Å². The standard InChI is InChI=1S/C14H18O2/c1-10(9-16-2)12-8-7-11-5-3-4-6-13(11)14(12)15/h3-6,10,12H,7-9H2,1-2H3. The van der Waals surface area contributed by atoms with E-state index < -0.39 is 0 Å². The molecule has 16 heavy (non-hydrogen) atoms. The van der Waals surface area contributed by atoms with Crippen LogP contribution in [-0.2, 0) is 11.2 Å². The van der Waals surface area contributed by atoms with Crippen LogP contribution in [0.1, 0.15) is 29.3 Å². The van der Waals surface area contributed by atoms with Gasteiger partial charge in [0.1, 0.15) is 0 Å². The molecule has 0 fully saturated rings. The maximum atomic E-state index is 12.3. The summed E-state index contributed by atoms with van der Waals surface area (Å²) in [7, 11) is 1.69. The van der Waals surface area contributed by atoms with Crippen molar-refractivity contribution in [3.05, 3.63) is 35.4 Å². The van der Waals surface area contributed by atoms with Crippen LogP contribution in [0.3, 0.4) is 0 Å². The van der Waals surface area contributed by atoms with Gasteiger partial charge in [0.05, 0.1) is 0 Å². The van der Waals surface area contributed by atoms with Gasteiger partial charge in [0.2, 0.25) is 0 Å². The molecule has 0 saturated carbocycles. The fraction of sp³-hybridized carbons (Fsp3) is 0.500. The number of fused-ring (bicyclic) bond motifs is 1. The van der Waals surface area contributed by atoms with Crippen molar-refractivity contribution in [3.8, 4) is 0 Å². The van der Waals surface area contributed by atoms with Crippen LogP contribution in [0.15, 0.2) is 24.3 Å². The molecule has 2 unspecified atom stereocenters. The van der Waals surface area contributed by atoms with Crippen molar-refractivity contribution in [2.24, 2.45) is 11.8 Å². The average Bonchev–Trinajstić information content (AvgIpc) is 2.30. The molecule has 0 spiro atoms. The van der Waals surface area contributed by atoms with Gasteiger partial charge >= 0.3 is 0 Å². The minimum Gasteiger partial charge on any atom is -0.384 e. The highest BCUT2D eigenvalue weighted by molar-refractivity contribution is 6.00. The zero-order valence-electron chi connectivity index (χ0n) is 9.90. The van der Waals surface area contributed by atoms with Crippen molar-refractivity contribution in [1.82, 2.24) is 0 Å². The van der Waals surface area contributed by atoms with Gasteiger partial charge in [-0.1, -0.05) is 31.2 Å². The maximum Gasteiger partial charge on any atom is 0.166 e. The first-order chi connectivity index (χ1) is 7.74. The first-order valence-electron chi connectivity index (χ1n) is 5.85. The molecule has 86 valence electrons. The average molecular weight is 218 g/mol. The van der Waals surface area contributed by atoms with Gasteiger partial charge in [-0.05, 0) is 24.3 Å². The van der Waals surface area contributed by atoms with E-state index >= 15 is 0 Å². The molecule has 2 rings (SSSR count). The summed E-state index contributed by atoms with van der Waals surface area (Å²) in [4.78, 5) is 12.3. The quantitative estimate of drug-likeness (QED) is 0.779. The van der Waals surface area contributed by atoms with Gasteiger partial charge in [-0.25, -0.2) is 0 Å². The SMILES string of the molecule is COCC(C)C1CCc2ccccc2C1=O. The fourth-order valence-electron chi connectivity index (χ4n) is 2.54. The van der Waals surface area contributed by atoms with E-state index in [0.29, 0.717) is 18.3 Å². The molecule has 1 aromatic rings. The Morgan fingerprint density at radius 2 is 2.19 bits per heavy atom. The summed E-state index contributed by atoms with van der Waals surface area (Å²) in [5, 5.41) is 0. The Morgan fingerprint density at radius 1 is 1.44 bits per heavy atom. The summed E-state index contributed by atoms with van der Waals surface area (Å²) < 4.78 is 5.14. The summed E-state index contributed by atoms with van der Waals surface area (Å²) in [6.07, 6.45) is 1.97. The Labute approximate surface area is 96.6 Å². The van der Waals surface area contributed by atoms with Gasteiger partial charge in [0.25, 0.3) is 0 Å². The lowest BCUT2D eigenvalue weighted by atomic mass is 9.77. The molecular weight excluding hydrogens is 200 g/mol.